The molecule has 2 saturated heterocycles. The second kappa shape index (κ2) is 6.25. The lowest BCUT2D eigenvalue weighted by atomic mass is 9.65. The molecule has 6 heteroatoms. The van der Waals surface area contributed by atoms with Crippen molar-refractivity contribution in [2.75, 3.05) is 7.05 Å². The molecule has 6 nitrogen and oxygen atoms in total. The molecule has 2 saturated carbocycles. The maximum Gasteiger partial charge on any atom is 0.233 e. The molecule has 5 unspecified atom stereocenters. The van der Waals surface area contributed by atoms with Gasteiger partial charge in [0.1, 0.15) is 0 Å². The normalized spacial score (nSPS) is 34.1. The van der Waals surface area contributed by atoms with Gasteiger partial charge in [-0.25, -0.2) is 0 Å². The Bertz CT molecular complexity index is 865. The fourth-order valence-corrected chi connectivity index (χ4v) is 6.22. The van der Waals surface area contributed by atoms with E-state index in [0.717, 1.165) is 24.8 Å². The highest BCUT2D eigenvalue weighted by molar-refractivity contribution is 6.09. The van der Waals surface area contributed by atoms with E-state index < -0.39 is 29.2 Å². The summed E-state index contributed by atoms with van der Waals surface area (Å²) in [6, 6.07) is 10.1. The number of benzene rings is 1. The summed E-state index contributed by atoms with van der Waals surface area (Å²) in [5, 5.41) is 0. The van der Waals surface area contributed by atoms with Crippen LogP contribution in [0.2, 0.25) is 0 Å². The number of carbonyl (C=O) groups is 4. The summed E-state index contributed by atoms with van der Waals surface area (Å²) in [4.78, 5) is 54.6. The Hall–Kier alpha value is -2.50. The Morgan fingerprint density at radius 2 is 1.31 bits per heavy atom. The van der Waals surface area contributed by atoms with Gasteiger partial charge in [-0.05, 0) is 37.7 Å². The Kier molecular flexibility index (Phi) is 3.99. The van der Waals surface area contributed by atoms with Crippen molar-refractivity contribution in [3.8, 4) is 0 Å². The fraction of sp³-hybridized carbons (Fsp3) is 0.565. The number of imide groups is 2. The van der Waals surface area contributed by atoms with E-state index in [1.54, 1.807) is 4.90 Å². The largest absolute Gasteiger partial charge is 0.285 e. The summed E-state index contributed by atoms with van der Waals surface area (Å²) in [5.74, 6) is -2.43. The van der Waals surface area contributed by atoms with Crippen LogP contribution < -0.4 is 0 Å². The highest BCUT2D eigenvalue weighted by Gasteiger charge is 2.63. The van der Waals surface area contributed by atoms with Crippen molar-refractivity contribution in [2.45, 2.75) is 50.5 Å². The van der Waals surface area contributed by atoms with Gasteiger partial charge in [0.25, 0.3) is 0 Å². The molecule has 29 heavy (non-hydrogen) atoms. The summed E-state index contributed by atoms with van der Waals surface area (Å²) < 4.78 is 0. The number of hydrogen-bond donors (Lipinski definition) is 0. The molecule has 0 spiro atoms. The maximum atomic E-state index is 13.5. The molecule has 4 aliphatic rings. The summed E-state index contributed by atoms with van der Waals surface area (Å²) >= 11 is 0. The van der Waals surface area contributed by atoms with E-state index in [-0.39, 0.29) is 29.5 Å². The molecule has 4 amide bonds. The number of hydrogen-bond acceptors (Lipinski definition) is 4. The van der Waals surface area contributed by atoms with Gasteiger partial charge in [0.15, 0.2) is 0 Å². The molecular formula is C23H26N2O4. The summed E-state index contributed by atoms with van der Waals surface area (Å²) in [7, 11) is 1.50. The number of amides is 4. The van der Waals surface area contributed by atoms with Crippen LogP contribution in [0.5, 0.6) is 0 Å². The van der Waals surface area contributed by atoms with Crippen molar-refractivity contribution in [1.82, 2.24) is 9.80 Å². The smallest absolute Gasteiger partial charge is 0.233 e. The number of carbonyl (C=O) groups excluding carboxylic acids is 4. The van der Waals surface area contributed by atoms with Crippen LogP contribution in [0, 0.1) is 23.7 Å². The van der Waals surface area contributed by atoms with Crippen LogP contribution in [0.25, 0.3) is 0 Å². The average Bonchev–Trinajstić information content (AvgIpc) is 3.07. The first-order chi connectivity index (χ1) is 13.9. The van der Waals surface area contributed by atoms with Crippen LogP contribution >= 0.6 is 0 Å². The minimum absolute atomic E-state index is 0.0550. The quantitative estimate of drug-likeness (QED) is 0.738. The van der Waals surface area contributed by atoms with Crippen LogP contribution in [-0.2, 0) is 19.2 Å². The first-order valence-corrected chi connectivity index (χ1v) is 10.6. The van der Waals surface area contributed by atoms with Crippen LogP contribution in [0.1, 0.15) is 50.5 Å². The van der Waals surface area contributed by atoms with Gasteiger partial charge in [-0.3, -0.25) is 29.0 Å². The van der Waals surface area contributed by atoms with Crippen LogP contribution in [0.4, 0.5) is 0 Å². The van der Waals surface area contributed by atoms with Gasteiger partial charge in [0.05, 0.1) is 29.2 Å². The van der Waals surface area contributed by atoms with Crippen molar-refractivity contribution in [3.63, 3.8) is 0 Å². The minimum atomic E-state index is -0.479. The first kappa shape index (κ1) is 18.5. The van der Waals surface area contributed by atoms with Gasteiger partial charge in [0.2, 0.25) is 23.6 Å². The standard InChI is InChI=1S/C23H26N2O4/c1-13(14-7-4-3-5-8-14)23(9-6-10-23)25-21(28)17-11-15-16(12-18(17)22(25)29)20(27)24(2)19(15)26/h3-5,7-8,13,15-18H,6,9-12H2,1-2H3. The third-order valence-electron chi connectivity index (χ3n) is 8.13. The van der Waals surface area contributed by atoms with Gasteiger partial charge < -0.3 is 0 Å². The minimum Gasteiger partial charge on any atom is -0.285 e. The SMILES string of the molecule is CC(c1ccccc1)C1(N2C(=O)C3CC4C(=O)N(C)C(=O)C4CC3C2=O)CCC1. The predicted octanol–water partition coefficient (Wildman–Crippen LogP) is 2.34. The van der Waals surface area contributed by atoms with E-state index in [1.807, 2.05) is 18.2 Å². The maximum absolute atomic E-state index is 13.5. The lowest BCUT2D eigenvalue weighted by Crippen LogP contribution is -2.59. The van der Waals surface area contributed by atoms with Crippen molar-refractivity contribution >= 4 is 23.6 Å². The van der Waals surface area contributed by atoms with E-state index in [9.17, 15) is 19.2 Å². The van der Waals surface area contributed by atoms with Crippen LogP contribution in [0.3, 0.4) is 0 Å². The molecule has 0 bridgehead atoms. The topological polar surface area (TPSA) is 74.8 Å². The molecule has 5 atom stereocenters. The summed E-state index contributed by atoms with van der Waals surface area (Å²) in [6.45, 7) is 2.10. The first-order valence-electron chi connectivity index (χ1n) is 10.6. The molecule has 5 rings (SSSR count). The second-order valence-corrected chi connectivity index (χ2v) is 9.23. The van der Waals surface area contributed by atoms with Gasteiger partial charge >= 0.3 is 0 Å². The second-order valence-electron chi connectivity index (χ2n) is 9.23. The molecule has 0 aromatic heterocycles. The average molecular weight is 394 g/mol. The number of nitrogens with zero attached hydrogens (tertiary/aromatic N) is 2. The third kappa shape index (κ3) is 2.34. The van der Waals surface area contributed by atoms with Crippen molar-refractivity contribution < 1.29 is 19.2 Å². The van der Waals surface area contributed by atoms with E-state index in [4.69, 9.17) is 0 Å². The molecule has 0 radical (unpaired) electrons. The van der Waals surface area contributed by atoms with Gasteiger partial charge in [-0.1, -0.05) is 37.3 Å². The Morgan fingerprint density at radius 3 is 1.76 bits per heavy atom. The highest BCUT2D eigenvalue weighted by atomic mass is 16.2. The van der Waals surface area contributed by atoms with Crippen molar-refractivity contribution in [1.29, 1.82) is 0 Å². The zero-order chi connectivity index (χ0) is 20.5. The van der Waals surface area contributed by atoms with E-state index >= 15 is 0 Å². The molecule has 2 heterocycles. The van der Waals surface area contributed by atoms with Crippen LogP contribution in [-0.4, -0.2) is 46.0 Å². The Morgan fingerprint density at radius 1 is 0.828 bits per heavy atom. The van der Waals surface area contributed by atoms with E-state index in [1.165, 1.54) is 11.9 Å². The molecule has 2 aliphatic heterocycles. The predicted molar refractivity (Wildman–Crippen MR) is 104 cm³/mol. The molecule has 2 aliphatic carbocycles. The molecule has 1 aromatic rings. The molecule has 4 fully saturated rings. The van der Waals surface area contributed by atoms with E-state index in [2.05, 4.69) is 19.1 Å². The van der Waals surface area contributed by atoms with Crippen molar-refractivity contribution in [2.24, 2.45) is 23.7 Å². The number of rotatable bonds is 3. The number of likely N-dealkylation sites (tertiary alicyclic amines) is 2. The van der Waals surface area contributed by atoms with Crippen molar-refractivity contribution in [3.05, 3.63) is 35.9 Å². The third-order valence-corrected chi connectivity index (χ3v) is 8.13. The Labute approximate surface area is 170 Å². The molecule has 152 valence electrons. The number of fused-ring (bicyclic) bond motifs is 2. The Balaban J connectivity index is 1.47. The molecular weight excluding hydrogens is 368 g/mol. The molecule has 0 N–H and O–H groups in total. The monoisotopic (exact) mass is 394 g/mol. The van der Waals surface area contributed by atoms with Crippen LogP contribution in [0.15, 0.2) is 30.3 Å². The molecule has 1 aromatic carbocycles. The summed E-state index contributed by atoms with van der Waals surface area (Å²) in [6.07, 6.45) is 3.26. The summed E-state index contributed by atoms with van der Waals surface area (Å²) in [5.41, 5.74) is 0.652. The van der Waals surface area contributed by atoms with Gasteiger partial charge in [-0.15, -0.1) is 0 Å². The van der Waals surface area contributed by atoms with Gasteiger partial charge in [-0.2, -0.15) is 0 Å². The lowest BCUT2D eigenvalue weighted by Gasteiger charge is -2.52. The lowest BCUT2D eigenvalue weighted by molar-refractivity contribution is -0.153. The zero-order valence-corrected chi connectivity index (χ0v) is 16.8. The van der Waals surface area contributed by atoms with E-state index in [0.29, 0.717) is 12.8 Å². The van der Waals surface area contributed by atoms with Gasteiger partial charge in [0, 0.05) is 13.0 Å². The zero-order valence-electron chi connectivity index (χ0n) is 16.8. The highest BCUT2D eigenvalue weighted by Crippen LogP contribution is 2.54. The fourth-order valence-electron chi connectivity index (χ4n) is 6.22.